The molecule has 3 aromatic rings. The number of aromatic nitrogens is 1. The third-order valence-electron chi connectivity index (χ3n) is 7.62. The number of carbonyl (C=O) groups excluding carboxylic acids is 1. The number of para-hydroxylation sites is 1. The molecule has 5 rings (SSSR count). The standard InChI is InChI=1S/C32H30BrClN4O2/c1-18-12-19(2)21(13-20(18)17-40-27-10-6-5-8-23(27)33)28-22(16-35)31(36)38(24-9-7-11-37-30(24)34)25-14-32(3,4)15-26(39)29(25)28/h5-13,28H,14-15,17,36H2,1-4H3. The van der Waals surface area contributed by atoms with E-state index in [2.05, 4.69) is 53.0 Å². The molecular weight excluding hydrogens is 588 g/mol. The highest BCUT2D eigenvalue weighted by atomic mass is 79.9. The quantitative estimate of drug-likeness (QED) is 0.296. The molecule has 1 unspecified atom stereocenters. The number of pyridine rings is 1. The minimum Gasteiger partial charge on any atom is -0.488 e. The largest absolute Gasteiger partial charge is 0.488 e. The van der Waals surface area contributed by atoms with E-state index in [1.807, 2.05) is 44.2 Å². The number of hydrogen-bond acceptors (Lipinski definition) is 6. The summed E-state index contributed by atoms with van der Waals surface area (Å²) >= 11 is 10.1. The van der Waals surface area contributed by atoms with E-state index >= 15 is 0 Å². The summed E-state index contributed by atoms with van der Waals surface area (Å²) in [5.41, 5.74) is 12.6. The highest BCUT2D eigenvalue weighted by Crippen LogP contribution is 2.51. The first-order valence-electron chi connectivity index (χ1n) is 13.1. The van der Waals surface area contributed by atoms with Gasteiger partial charge in [0.25, 0.3) is 0 Å². The van der Waals surface area contributed by atoms with Crippen LogP contribution < -0.4 is 15.4 Å². The molecule has 0 saturated heterocycles. The first-order valence-corrected chi connectivity index (χ1v) is 14.2. The van der Waals surface area contributed by atoms with Crippen LogP contribution in [0, 0.1) is 30.6 Å². The second-order valence-electron chi connectivity index (χ2n) is 11.1. The lowest BCUT2D eigenvalue weighted by atomic mass is 9.68. The van der Waals surface area contributed by atoms with Crippen molar-refractivity contribution in [3.63, 3.8) is 0 Å². The van der Waals surface area contributed by atoms with Gasteiger partial charge in [-0.3, -0.25) is 9.69 Å². The number of benzene rings is 2. The highest BCUT2D eigenvalue weighted by molar-refractivity contribution is 9.10. The van der Waals surface area contributed by atoms with E-state index in [1.54, 1.807) is 17.2 Å². The molecule has 8 heteroatoms. The van der Waals surface area contributed by atoms with Gasteiger partial charge in [0.15, 0.2) is 10.9 Å². The van der Waals surface area contributed by atoms with Gasteiger partial charge in [-0.1, -0.05) is 49.7 Å². The van der Waals surface area contributed by atoms with Gasteiger partial charge in [-0.25, -0.2) is 4.98 Å². The summed E-state index contributed by atoms with van der Waals surface area (Å²) in [6, 6.07) is 17.8. The lowest BCUT2D eigenvalue weighted by molar-refractivity contribution is -0.118. The Labute approximate surface area is 248 Å². The molecule has 0 fully saturated rings. The maximum absolute atomic E-state index is 13.9. The van der Waals surface area contributed by atoms with Crippen LogP contribution in [0.15, 0.2) is 81.9 Å². The average Bonchev–Trinajstić information content (AvgIpc) is 2.89. The normalized spacial score (nSPS) is 18.5. The van der Waals surface area contributed by atoms with Crippen LogP contribution in [0.5, 0.6) is 5.75 Å². The second-order valence-corrected chi connectivity index (χ2v) is 12.4. The van der Waals surface area contributed by atoms with Crippen molar-refractivity contribution in [2.24, 2.45) is 11.1 Å². The van der Waals surface area contributed by atoms with E-state index in [-0.39, 0.29) is 22.2 Å². The van der Waals surface area contributed by atoms with E-state index < -0.39 is 5.92 Å². The summed E-state index contributed by atoms with van der Waals surface area (Å²) in [7, 11) is 0. The molecule has 1 aliphatic heterocycles. The van der Waals surface area contributed by atoms with Crippen molar-refractivity contribution in [2.45, 2.75) is 53.1 Å². The number of nitrogens with two attached hydrogens (primary N) is 1. The summed E-state index contributed by atoms with van der Waals surface area (Å²) in [6.07, 6.45) is 2.57. The summed E-state index contributed by atoms with van der Waals surface area (Å²) in [5.74, 6) is 0.408. The van der Waals surface area contributed by atoms with Crippen molar-refractivity contribution in [3.8, 4) is 11.8 Å². The van der Waals surface area contributed by atoms with E-state index in [4.69, 9.17) is 22.1 Å². The maximum atomic E-state index is 13.9. The molecule has 0 spiro atoms. The van der Waals surface area contributed by atoms with Crippen LogP contribution in [-0.4, -0.2) is 10.8 Å². The van der Waals surface area contributed by atoms with Crippen LogP contribution >= 0.6 is 27.5 Å². The summed E-state index contributed by atoms with van der Waals surface area (Å²) in [4.78, 5) is 19.9. The molecule has 0 amide bonds. The third-order valence-corrected chi connectivity index (χ3v) is 8.56. The molecule has 204 valence electrons. The average molecular weight is 618 g/mol. The zero-order chi connectivity index (χ0) is 28.8. The first-order chi connectivity index (χ1) is 19.0. The Balaban J connectivity index is 1.68. The van der Waals surface area contributed by atoms with Gasteiger partial charge in [0.1, 0.15) is 18.2 Å². The number of nitriles is 1. The van der Waals surface area contributed by atoms with Gasteiger partial charge in [-0.2, -0.15) is 5.26 Å². The van der Waals surface area contributed by atoms with Crippen molar-refractivity contribution in [3.05, 3.63) is 109 Å². The van der Waals surface area contributed by atoms with Crippen LogP contribution in [-0.2, 0) is 11.4 Å². The number of rotatable bonds is 5. The molecule has 40 heavy (non-hydrogen) atoms. The van der Waals surface area contributed by atoms with Gasteiger partial charge in [0.05, 0.1) is 27.7 Å². The molecule has 2 aromatic carbocycles. The summed E-state index contributed by atoms with van der Waals surface area (Å²) in [5, 5.41) is 10.7. The number of halogens is 2. The van der Waals surface area contributed by atoms with Crippen LogP contribution in [0.2, 0.25) is 5.15 Å². The predicted octanol–water partition coefficient (Wildman–Crippen LogP) is 7.63. The molecule has 1 aliphatic carbocycles. The Hall–Kier alpha value is -3.60. The molecule has 0 saturated carbocycles. The fourth-order valence-corrected chi connectivity index (χ4v) is 6.34. The molecule has 2 N–H and O–H groups in total. The van der Waals surface area contributed by atoms with Crippen molar-refractivity contribution >= 4 is 39.0 Å². The van der Waals surface area contributed by atoms with Crippen molar-refractivity contribution < 1.29 is 9.53 Å². The van der Waals surface area contributed by atoms with E-state index in [0.29, 0.717) is 36.3 Å². The van der Waals surface area contributed by atoms with Gasteiger partial charge in [0.2, 0.25) is 0 Å². The molecular formula is C32H30BrClN4O2. The number of Topliss-reactive ketones (excluding diaryl/α,β-unsaturated/α-hetero) is 1. The minimum atomic E-state index is -0.599. The van der Waals surface area contributed by atoms with Gasteiger partial charge >= 0.3 is 0 Å². The van der Waals surface area contributed by atoms with E-state index in [0.717, 1.165) is 38.2 Å². The smallest absolute Gasteiger partial charge is 0.162 e. The Bertz CT molecular complexity index is 1640. The molecule has 1 atom stereocenters. The monoisotopic (exact) mass is 616 g/mol. The summed E-state index contributed by atoms with van der Waals surface area (Å²) in [6.45, 7) is 8.52. The van der Waals surface area contributed by atoms with Crippen molar-refractivity contribution in [1.29, 1.82) is 5.26 Å². The number of anilines is 1. The summed E-state index contributed by atoms with van der Waals surface area (Å²) < 4.78 is 7.02. The van der Waals surface area contributed by atoms with Crippen LogP contribution in [0.4, 0.5) is 5.69 Å². The Morgan fingerprint density at radius 3 is 2.62 bits per heavy atom. The zero-order valence-corrected chi connectivity index (χ0v) is 25.2. The fourth-order valence-electron chi connectivity index (χ4n) is 5.74. The SMILES string of the molecule is Cc1cc(C)c(C2C(C#N)=C(N)N(c3cccnc3Cl)C3=C2C(=O)CC(C)(C)C3)cc1COc1ccccc1Br. The number of ether oxygens (including phenoxy) is 1. The molecule has 2 aliphatic rings. The molecule has 0 radical (unpaired) electrons. The zero-order valence-electron chi connectivity index (χ0n) is 22.9. The highest BCUT2D eigenvalue weighted by Gasteiger charge is 2.45. The van der Waals surface area contributed by atoms with Gasteiger partial charge in [-0.15, -0.1) is 0 Å². The molecule has 6 nitrogen and oxygen atoms in total. The number of carbonyl (C=O) groups is 1. The number of hydrogen-bond donors (Lipinski definition) is 1. The third kappa shape index (κ3) is 5.02. The van der Waals surface area contributed by atoms with Crippen LogP contribution in [0.25, 0.3) is 0 Å². The number of nitrogens with zero attached hydrogens (tertiary/aromatic N) is 3. The first kappa shape index (κ1) is 27.9. The van der Waals surface area contributed by atoms with Gasteiger partial charge < -0.3 is 10.5 Å². The number of ketones is 1. The minimum absolute atomic E-state index is 0.00695. The Morgan fingerprint density at radius 2 is 1.93 bits per heavy atom. The lowest BCUT2D eigenvalue weighted by Gasteiger charge is -2.44. The van der Waals surface area contributed by atoms with Crippen molar-refractivity contribution in [2.75, 3.05) is 4.90 Å². The Kier molecular flexibility index (Phi) is 7.52. The number of aryl methyl sites for hydroxylation is 2. The Morgan fingerprint density at radius 1 is 1.18 bits per heavy atom. The second kappa shape index (κ2) is 10.8. The van der Waals surface area contributed by atoms with Crippen LogP contribution in [0.1, 0.15) is 54.9 Å². The topological polar surface area (TPSA) is 92.2 Å². The van der Waals surface area contributed by atoms with Crippen molar-refractivity contribution in [1.82, 2.24) is 4.98 Å². The lowest BCUT2D eigenvalue weighted by Crippen LogP contribution is -2.42. The van der Waals surface area contributed by atoms with E-state index in [9.17, 15) is 10.1 Å². The predicted molar refractivity (Wildman–Crippen MR) is 161 cm³/mol. The van der Waals surface area contributed by atoms with E-state index in [1.165, 1.54) is 0 Å². The number of allylic oxidation sites excluding steroid dienone is 3. The van der Waals surface area contributed by atoms with Gasteiger partial charge in [0, 0.05) is 23.9 Å². The van der Waals surface area contributed by atoms with Crippen LogP contribution in [0.3, 0.4) is 0 Å². The fraction of sp³-hybridized carbons (Fsp3) is 0.281. The molecule has 2 heterocycles. The molecule has 1 aromatic heterocycles. The van der Waals surface area contributed by atoms with Gasteiger partial charge in [-0.05, 0) is 88.1 Å². The molecule has 0 bridgehead atoms. The maximum Gasteiger partial charge on any atom is 0.162 e.